The number of nitrogens with zero attached hydrogens (tertiary/aromatic N) is 2. The van der Waals surface area contributed by atoms with Crippen molar-refractivity contribution in [3.05, 3.63) is 72.3 Å². The summed E-state index contributed by atoms with van der Waals surface area (Å²) in [7, 11) is 0. The highest BCUT2D eigenvalue weighted by Crippen LogP contribution is 2.30. The average Bonchev–Trinajstić information content (AvgIpc) is 3.24. The van der Waals surface area contributed by atoms with Crippen molar-refractivity contribution in [3.63, 3.8) is 0 Å². The molecule has 1 aliphatic carbocycles. The fourth-order valence-corrected chi connectivity index (χ4v) is 4.19. The van der Waals surface area contributed by atoms with Gasteiger partial charge in [-0.3, -0.25) is 9.36 Å². The predicted molar refractivity (Wildman–Crippen MR) is 112 cm³/mol. The molecule has 0 bridgehead atoms. The number of nitrogens with one attached hydrogen (secondary N) is 1. The molecule has 6 heteroatoms. The summed E-state index contributed by atoms with van der Waals surface area (Å²) in [4.78, 5) is 17.1. The fraction of sp³-hybridized carbons (Fsp3) is 0.333. The summed E-state index contributed by atoms with van der Waals surface area (Å²) in [5.41, 5.74) is 2.59. The maximum absolute atomic E-state index is 13.5. The summed E-state index contributed by atoms with van der Waals surface area (Å²) in [6.45, 7) is 4.44. The Bertz CT molecular complexity index is 1040. The number of carbonyl (C=O) groups is 1. The van der Waals surface area contributed by atoms with E-state index < -0.39 is 11.6 Å². The summed E-state index contributed by atoms with van der Waals surface area (Å²) >= 11 is 0. The first kappa shape index (κ1) is 20.3. The van der Waals surface area contributed by atoms with Crippen LogP contribution in [0.5, 0.6) is 0 Å². The van der Waals surface area contributed by atoms with Crippen molar-refractivity contribution in [2.24, 2.45) is 11.8 Å². The molecule has 30 heavy (non-hydrogen) atoms. The van der Waals surface area contributed by atoms with Gasteiger partial charge in [0.1, 0.15) is 5.69 Å². The van der Waals surface area contributed by atoms with E-state index in [1.807, 2.05) is 24.3 Å². The van der Waals surface area contributed by atoms with Crippen LogP contribution in [0.3, 0.4) is 0 Å². The molecule has 3 atom stereocenters. The van der Waals surface area contributed by atoms with Crippen molar-refractivity contribution in [1.29, 1.82) is 0 Å². The van der Waals surface area contributed by atoms with E-state index in [9.17, 15) is 13.6 Å². The van der Waals surface area contributed by atoms with Crippen LogP contribution < -0.4 is 5.32 Å². The van der Waals surface area contributed by atoms with Gasteiger partial charge in [0, 0.05) is 11.7 Å². The summed E-state index contributed by atoms with van der Waals surface area (Å²) < 4.78 is 28.4. The highest BCUT2D eigenvalue weighted by Gasteiger charge is 2.29. The predicted octanol–water partition coefficient (Wildman–Crippen LogP) is 5.37. The molecule has 4 nitrogen and oxygen atoms in total. The molecule has 0 radical (unpaired) electrons. The fourth-order valence-electron chi connectivity index (χ4n) is 4.19. The van der Waals surface area contributed by atoms with Crippen molar-refractivity contribution in [2.45, 2.75) is 39.2 Å². The molecule has 1 N–H and O–H groups in total. The zero-order chi connectivity index (χ0) is 21.3. The molecule has 4 rings (SSSR count). The number of hydrogen-bond donors (Lipinski definition) is 1. The van der Waals surface area contributed by atoms with Crippen molar-refractivity contribution < 1.29 is 13.6 Å². The van der Waals surface area contributed by atoms with Gasteiger partial charge in [0.25, 0.3) is 5.91 Å². The Morgan fingerprint density at radius 1 is 1.03 bits per heavy atom. The van der Waals surface area contributed by atoms with E-state index in [0.29, 0.717) is 23.1 Å². The molecule has 0 aliphatic heterocycles. The number of hydrogen-bond acceptors (Lipinski definition) is 2. The first-order valence-electron chi connectivity index (χ1n) is 10.3. The van der Waals surface area contributed by atoms with E-state index in [1.165, 1.54) is 18.6 Å². The number of aromatic nitrogens is 2. The lowest BCUT2D eigenvalue weighted by atomic mass is 9.78. The van der Waals surface area contributed by atoms with Gasteiger partial charge in [-0.15, -0.1) is 0 Å². The molecule has 1 saturated carbocycles. The third kappa shape index (κ3) is 3.99. The van der Waals surface area contributed by atoms with E-state index >= 15 is 0 Å². The Morgan fingerprint density at radius 3 is 2.50 bits per heavy atom. The van der Waals surface area contributed by atoms with Gasteiger partial charge >= 0.3 is 0 Å². The van der Waals surface area contributed by atoms with Gasteiger partial charge in [-0.2, -0.15) is 0 Å². The van der Waals surface area contributed by atoms with E-state index in [0.717, 1.165) is 30.2 Å². The molecule has 2 aromatic carbocycles. The zero-order valence-corrected chi connectivity index (χ0v) is 17.1. The minimum Gasteiger partial charge on any atom is -0.348 e. The first-order chi connectivity index (χ1) is 14.4. The van der Waals surface area contributed by atoms with Crippen LogP contribution in [0.1, 0.15) is 43.6 Å². The molecule has 1 heterocycles. The van der Waals surface area contributed by atoms with Crippen LogP contribution in [-0.2, 0) is 0 Å². The summed E-state index contributed by atoms with van der Waals surface area (Å²) in [6, 6.07) is 11.3. The van der Waals surface area contributed by atoms with E-state index in [1.54, 1.807) is 17.1 Å². The van der Waals surface area contributed by atoms with Gasteiger partial charge in [-0.1, -0.05) is 44.9 Å². The maximum atomic E-state index is 13.5. The van der Waals surface area contributed by atoms with Crippen molar-refractivity contribution in [2.75, 3.05) is 0 Å². The minimum absolute atomic E-state index is 0.136. The minimum atomic E-state index is -0.878. The third-order valence-electron chi connectivity index (χ3n) is 6.29. The normalized spacial score (nSPS) is 21.4. The Hall–Kier alpha value is -3.02. The maximum Gasteiger partial charge on any atom is 0.270 e. The Labute approximate surface area is 175 Å². The van der Waals surface area contributed by atoms with Crippen LogP contribution >= 0.6 is 0 Å². The molecule has 0 saturated heterocycles. The number of carbonyl (C=O) groups excluding carboxylic acids is 1. The number of rotatable bonds is 4. The Balaban J connectivity index is 1.54. The van der Waals surface area contributed by atoms with Gasteiger partial charge < -0.3 is 5.32 Å². The van der Waals surface area contributed by atoms with E-state index in [-0.39, 0.29) is 11.9 Å². The molecule has 0 spiro atoms. The summed E-state index contributed by atoms with van der Waals surface area (Å²) in [5.74, 6) is -0.849. The highest BCUT2D eigenvalue weighted by atomic mass is 19.2. The highest BCUT2D eigenvalue weighted by molar-refractivity contribution is 5.93. The van der Waals surface area contributed by atoms with Crippen LogP contribution in [0.2, 0.25) is 0 Å². The van der Waals surface area contributed by atoms with Crippen LogP contribution in [0.25, 0.3) is 16.8 Å². The monoisotopic (exact) mass is 409 g/mol. The van der Waals surface area contributed by atoms with Gasteiger partial charge in [0.05, 0.1) is 12.5 Å². The van der Waals surface area contributed by atoms with Crippen LogP contribution in [-0.4, -0.2) is 21.5 Å². The smallest absolute Gasteiger partial charge is 0.270 e. The van der Waals surface area contributed by atoms with Gasteiger partial charge in [0.2, 0.25) is 0 Å². The second-order valence-electron chi connectivity index (χ2n) is 8.17. The zero-order valence-electron chi connectivity index (χ0n) is 17.1. The lowest BCUT2D eigenvalue weighted by Crippen LogP contribution is -2.44. The molecular formula is C24H25F2N3O. The SMILES string of the molecule is C[C@@H]1[C@H](C)CCC[C@@H]1NC(=O)c1cncn1-c1ccc(-c2ccc(F)c(F)c2)cc1. The van der Waals surface area contributed by atoms with Crippen LogP contribution in [0, 0.1) is 23.5 Å². The molecule has 3 aromatic rings. The van der Waals surface area contributed by atoms with Crippen LogP contribution in [0.15, 0.2) is 55.0 Å². The average molecular weight is 409 g/mol. The molecule has 1 aromatic heterocycles. The van der Waals surface area contributed by atoms with Gasteiger partial charge in [-0.05, 0) is 53.6 Å². The third-order valence-corrected chi connectivity index (χ3v) is 6.29. The number of benzene rings is 2. The van der Waals surface area contributed by atoms with Crippen molar-refractivity contribution in [1.82, 2.24) is 14.9 Å². The Morgan fingerprint density at radius 2 is 1.77 bits per heavy atom. The molecule has 156 valence electrons. The molecule has 0 unspecified atom stereocenters. The second kappa shape index (κ2) is 8.38. The Kier molecular flexibility index (Phi) is 5.66. The number of halogens is 2. The standard InChI is InChI=1S/C24H25F2N3O/c1-15-4-3-5-22(16(15)2)28-24(30)23-13-27-14-29(23)19-9-6-17(7-10-19)18-8-11-20(25)21(26)12-18/h6-16,22H,3-5H2,1-2H3,(H,28,30)/t15-,16-,22+/m1/s1. The summed E-state index contributed by atoms with van der Waals surface area (Å²) in [6.07, 6.45) is 6.50. The van der Waals surface area contributed by atoms with Gasteiger partial charge in [-0.25, -0.2) is 13.8 Å². The largest absolute Gasteiger partial charge is 0.348 e. The molecular weight excluding hydrogens is 384 g/mol. The van der Waals surface area contributed by atoms with Crippen molar-refractivity contribution in [3.8, 4) is 16.8 Å². The lowest BCUT2D eigenvalue weighted by molar-refractivity contribution is 0.0884. The molecule has 1 fully saturated rings. The number of amides is 1. The number of imidazole rings is 1. The van der Waals surface area contributed by atoms with Crippen LogP contribution in [0.4, 0.5) is 8.78 Å². The second-order valence-corrected chi connectivity index (χ2v) is 8.17. The summed E-state index contributed by atoms with van der Waals surface area (Å²) in [5, 5.41) is 3.18. The molecule has 1 amide bonds. The van der Waals surface area contributed by atoms with Crippen molar-refractivity contribution >= 4 is 5.91 Å². The van der Waals surface area contributed by atoms with E-state index in [2.05, 4.69) is 24.1 Å². The van der Waals surface area contributed by atoms with E-state index in [4.69, 9.17) is 0 Å². The lowest BCUT2D eigenvalue weighted by Gasteiger charge is -2.34. The van der Waals surface area contributed by atoms with Gasteiger partial charge in [0.15, 0.2) is 11.6 Å². The molecule has 1 aliphatic rings. The quantitative estimate of drug-likeness (QED) is 0.630. The topological polar surface area (TPSA) is 46.9 Å². The first-order valence-corrected chi connectivity index (χ1v) is 10.3.